The van der Waals surface area contributed by atoms with Crippen LogP contribution in [0.4, 0.5) is 0 Å². The van der Waals surface area contributed by atoms with E-state index in [-0.39, 0.29) is 11.4 Å². The van der Waals surface area contributed by atoms with Crippen LogP contribution in [0.1, 0.15) is 25.3 Å². The summed E-state index contributed by atoms with van der Waals surface area (Å²) in [6.45, 7) is 4.07. The summed E-state index contributed by atoms with van der Waals surface area (Å²) in [7, 11) is 0. The molecule has 0 unspecified atom stereocenters. The number of rotatable bonds is 4. The zero-order chi connectivity index (χ0) is 13.7. The van der Waals surface area contributed by atoms with Crippen molar-refractivity contribution in [1.82, 2.24) is 5.32 Å². The van der Waals surface area contributed by atoms with Crippen molar-refractivity contribution in [2.75, 3.05) is 19.7 Å². The van der Waals surface area contributed by atoms with E-state index in [0.717, 1.165) is 36.8 Å². The normalized spacial score (nSPS) is 18.0. The average Bonchev–Trinajstić information content (AvgIpc) is 2.43. The van der Waals surface area contributed by atoms with Crippen molar-refractivity contribution in [3.05, 3.63) is 34.3 Å². The highest BCUT2D eigenvalue weighted by molar-refractivity contribution is 9.10. The first-order valence-electron chi connectivity index (χ1n) is 6.79. The molecule has 1 heterocycles. The first-order chi connectivity index (χ1) is 9.18. The Kier molecular flexibility index (Phi) is 4.99. The second kappa shape index (κ2) is 6.53. The molecule has 1 aromatic carbocycles. The van der Waals surface area contributed by atoms with Crippen LogP contribution < -0.4 is 5.32 Å². The predicted octanol–water partition coefficient (Wildman–Crippen LogP) is 2.92. The zero-order valence-electron chi connectivity index (χ0n) is 11.2. The third-order valence-corrected chi connectivity index (χ3v) is 4.53. The van der Waals surface area contributed by atoms with Crippen molar-refractivity contribution < 1.29 is 9.53 Å². The Bertz CT molecular complexity index is 442. The maximum absolute atomic E-state index is 12.4. The van der Waals surface area contributed by atoms with E-state index in [1.54, 1.807) is 0 Å². The summed E-state index contributed by atoms with van der Waals surface area (Å²) < 4.78 is 6.38. The quantitative estimate of drug-likeness (QED) is 0.865. The van der Waals surface area contributed by atoms with Gasteiger partial charge in [0.15, 0.2) is 0 Å². The molecule has 0 radical (unpaired) electrons. The van der Waals surface area contributed by atoms with Crippen molar-refractivity contribution in [1.29, 1.82) is 0 Å². The van der Waals surface area contributed by atoms with E-state index < -0.39 is 0 Å². The molecule has 1 N–H and O–H groups in total. The van der Waals surface area contributed by atoms with Gasteiger partial charge in [-0.3, -0.25) is 4.79 Å². The van der Waals surface area contributed by atoms with Crippen LogP contribution in [0.15, 0.2) is 28.7 Å². The topological polar surface area (TPSA) is 38.3 Å². The highest BCUT2D eigenvalue weighted by Gasteiger charge is 2.41. The monoisotopic (exact) mass is 325 g/mol. The van der Waals surface area contributed by atoms with Gasteiger partial charge in [0.05, 0.1) is 12.0 Å². The minimum atomic E-state index is -0.370. The lowest BCUT2D eigenvalue weighted by atomic mass is 9.74. The van der Waals surface area contributed by atoms with Crippen LogP contribution >= 0.6 is 15.9 Å². The van der Waals surface area contributed by atoms with Gasteiger partial charge in [-0.25, -0.2) is 0 Å². The van der Waals surface area contributed by atoms with Gasteiger partial charge in [-0.2, -0.15) is 0 Å². The Morgan fingerprint density at radius 3 is 2.68 bits per heavy atom. The van der Waals surface area contributed by atoms with E-state index in [0.29, 0.717) is 6.61 Å². The minimum Gasteiger partial charge on any atom is -0.466 e. The predicted molar refractivity (Wildman–Crippen MR) is 79.0 cm³/mol. The number of piperidine rings is 1. The second-order valence-electron chi connectivity index (χ2n) is 5.02. The van der Waals surface area contributed by atoms with Gasteiger partial charge in [0.25, 0.3) is 0 Å². The van der Waals surface area contributed by atoms with E-state index in [1.165, 1.54) is 5.56 Å². The Hall–Kier alpha value is -0.870. The summed E-state index contributed by atoms with van der Waals surface area (Å²) >= 11 is 3.57. The number of carbonyl (C=O) groups is 1. The summed E-state index contributed by atoms with van der Waals surface area (Å²) in [6, 6.07) is 8.11. The zero-order valence-corrected chi connectivity index (χ0v) is 12.8. The summed E-state index contributed by atoms with van der Waals surface area (Å²) in [5.41, 5.74) is 0.808. The molecule has 3 nitrogen and oxygen atoms in total. The van der Waals surface area contributed by atoms with Crippen LogP contribution in [0.3, 0.4) is 0 Å². The number of hydrogen-bond donors (Lipinski definition) is 1. The van der Waals surface area contributed by atoms with E-state index in [1.807, 2.05) is 25.1 Å². The van der Waals surface area contributed by atoms with Crippen molar-refractivity contribution >= 4 is 21.9 Å². The number of ether oxygens (including phenoxy) is 1. The molecule has 1 saturated heterocycles. The van der Waals surface area contributed by atoms with E-state index >= 15 is 0 Å². The lowest BCUT2D eigenvalue weighted by Gasteiger charge is -2.35. The second-order valence-corrected chi connectivity index (χ2v) is 5.87. The number of hydrogen-bond acceptors (Lipinski definition) is 3. The van der Waals surface area contributed by atoms with Gasteiger partial charge in [0.2, 0.25) is 0 Å². The molecule has 0 atom stereocenters. The molecule has 1 fully saturated rings. The SMILES string of the molecule is CCOC(=O)C1(Cc2ccccc2Br)CCNCC1. The van der Waals surface area contributed by atoms with Gasteiger partial charge in [-0.05, 0) is 50.9 Å². The number of esters is 1. The molecule has 0 bridgehead atoms. The molecule has 0 spiro atoms. The molecule has 0 aromatic heterocycles. The van der Waals surface area contributed by atoms with Crippen LogP contribution in [-0.2, 0) is 16.0 Å². The lowest BCUT2D eigenvalue weighted by molar-refractivity contribution is -0.157. The van der Waals surface area contributed by atoms with Gasteiger partial charge < -0.3 is 10.1 Å². The van der Waals surface area contributed by atoms with Gasteiger partial charge >= 0.3 is 5.97 Å². The summed E-state index contributed by atoms with van der Waals surface area (Å²) in [6.07, 6.45) is 2.43. The molecule has 1 aliphatic rings. The van der Waals surface area contributed by atoms with Gasteiger partial charge in [0, 0.05) is 4.47 Å². The average molecular weight is 326 g/mol. The molecule has 2 rings (SSSR count). The van der Waals surface area contributed by atoms with E-state index in [2.05, 4.69) is 27.3 Å². The number of carbonyl (C=O) groups excluding carboxylic acids is 1. The molecule has 0 saturated carbocycles. The molecule has 19 heavy (non-hydrogen) atoms. The smallest absolute Gasteiger partial charge is 0.312 e. The maximum atomic E-state index is 12.4. The molecular weight excluding hydrogens is 306 g/mol. The molecule has 0 amide bonds. The molecule has 1 aliphatic heterocycles. The number of benzene rings is 1. The number of nitrogens with one attached hydrogen (secondary N) is 1. The van der Waals surface area contributed by atoms with Crippen molar-refractivity contribution in [2.45, 2.75) is 26.2 Å². The van der Waals surface area contributed by atoms with Crippen LogP contribution in [0.5, 0.6) is 0 Å². The summed E-state index contributed by atoms with van der Waals surface area (Å²) in [5, 5.41) is 3.32. The van der Waals surface area contributed by atoms with Gasteiger partial charge in [-0.1, -0.05) is 34.1 Å². The van der Waals surface area contributed by atoms with Crippen molar-refractivity contribution in [2.24, 2.45) is 5.41 Å². The van der Waals surface area contributed by atoms with Crippen molar-refractivity contribution in [3.63, 3.8) is 0 Å². The van der Waals surface area contributed by atoms with Crippen LogP contribution in [0, 0.1) is 5.41 Å². The highest BCUT2D eigenvalue weighted by atomic mass is 79.9. The fraction of sp³-hybridized carbons (Fsp3) is 0.533. The van der Waals surface area contributed by atoms with E-state index in [9.17, 15) is 4.79 Å². The van der Waals surface area contributed by atoms with Crippen molar-refractivity contribution in [3.8, 4) is 0 Å². The first kappa shape index (κ1) is 14.5. The van der Waals surface area contributed by atoms with Crippen LogP contribution in [0.25, 0.3) is 0 Å². The van der Waals surface area contributed by atoms with Gasteiger partial charge in [0.1, 0.15) is 0 Å². The Morgan fingerprint density at radius 1 is 1.37 bits per heavy atom. The lowest BCUT2D eigenvalue weighted by Crippen LogP contribution is -2.44. The summed E-state index contributed by atoms with van der Waals surface area (Å²) in [4.78, 5) is 12.4. The third kappa shape index (κ3) is 3.37. The van der Waals surface area contributed by atoms with Crippen LogP contribution in [0.2, 0.25) is 0 Å². The molecular formula is C15H20BrNO2. The summed E-state index contributed by atoms with van der Waals surface area (Å²) in [5.74, 6) is -0.0488. The standard InChI is InChI=1S/C15H20BrNO2/c1-2-19-14(18)15(7-9-17-10-8-15)11-12-5-3-4-6-13(12)16/h3-6,17H,2,7-11H2,1H3. The largest absolute Gasteiger partial charge is 0.466 e. The third-order valence-electron chi connectivity index (χ3n) is 3.76. The molecule has 1 aromatic rings. The molecule has 0 aliphatic carbocycles. The maximum Gasteiger partial charge on any atom is 0.312 e. The first-order valence-corrected chi connectivity index (χ1v) is 7.58. The number of halogens is 1. The van der Waals surface area contributed by atoms with Crippen LogP contribution in [-0.4, -0.2) is 25.7 Å². The highest BCUT2D eigenvalue weighted by Crippen LogP contribution is 2.36. The minimum absolute atomic E-state index is 0.0488. The Balaban J connectivity index is 2.23. The Labute approximate surface area is 122 Å². The fourth-order valence-electron chi connectivity index (χ4n) is 2.65. The molecule has 104 valence electrons. The van der Waals surface area contributed by atoms with E-state index in [4.69, 9.17) is 4.74 Å². The Morgan fingerprint density at radius 2 is 2.05 bits per heavy atom. The van der Waals surface area contributed by atoms with Gasteiger partial charge in [-0.15, -0.1) is 0 Å². The molecule has 4 heteroatoms. The fourth-order valence-corrected chi connectivity index (χ4v) is 3.07.